The number of ether oxygens (including phenoxy) is 1. The van der Waals surface area contributed by atoms with Crippen molar-refractivity contribution >= 4 is 28.8 Å². The van der Waals surface area contributed by atoms with Gasteiger partial charge in [0.05, 0.1) is 18.4 Å². The van der Waals surface area contributed by atoms with Crippen LogP contribution in [0.25, 0.3) is 5.57 Å². The maximum Gasteiger partial charge on any atom is 0.282 e. The van der Waals surface area contributed by atoms with Crippen LogP contribution in [0, 0.1) is 27.7 Å². The number of nitrogens with zero attached hydrogens (tertiary/aromatic N) is 1. The van der Waals surface area contributed by atoms with Gasteiger partial charge in [-0.1, -0.05) is 30.3 Å². The van der Waals surface area contributed by atoms with E-state index in [2.05, 4.69) is 5.32 Å². The van der Waals surface area contributed by atoms with Gasteiger partial charge in [-0.3, -0.25) is 9.59 Å². The lowest BCUT2D eigenvalue weighted by Gasteiger charge is -2.19. The van der Waals surface area contributed by atoms with E-state index >= 15 is 0 Å². The second kappa shape index (κ2) is 8.35. The number of aryl methyl sites for hydroxylation is 3. The zero-order valence-electron chi connectivity index (χ0n) is 18.9. The molecular formula is C27H26N2O3. The average molecular weight is 427 g/mol. The normalized spacial score (nSPS) is 13.7. The lowest BCUT2D eigenvalue weighted by Crippen LogP contribution is -2.33. The minimum atomic E-state index is -0.368. The van der Waals surface area contributed by atoms with Crippen LogP contribution in [0.1, 0.15) is 27.8 Å². The summed E-state index contributed by atoms with van der Waals surface area (Å²) in [5.41, 5.74) is 6.77. The van der Waals surface area contributed by atoms with Crippen LogP contribution in [-0.4, -0.2) is 18.9 Å². The number of hydrogen-bond donors (Lipinski definition) is 1. The molecule has 32 heavy (non-hydrogen) atoms. The van der Waals surface area contributed by atoms with Crippen molar-refractivity contribution < 1.29 is 14.3 Å². The number of nitrogens with one attached hydrogen (secondary N) is 1. The first-order valence-electron chi connectivity index (χ1n) is 10.5. The molecule has 0 atom stereocenters. The van der Waals surface area contributed by atoms with E-state index in [1.807, 2.05) is 88.4 Å². The van der Waals surface area contributed by atoms with E-state index in [4.69, 9.17) is 4.74 Å². The van der Waals surface area contributed by atoms with Crippen molar-refractivity contribution in [3.8, 4) is 5.75 Å². The summed E-state index contributed by atoms with van der Waals surface area (Å²) in [6.07, 6.45) is 0. The molecule has 0 radical (unpaired) electrons. The minimum absolute atomic E-state index is 0.268. The van der Waals surface area contributed by atoms with Crippen LogP contribution >= 0.6 is 0 Å². The number of imide groups is 1. The predicted octanol–water partition coefficient (Wildman–Crippen LogP) is 5.33. The number of methoxy groups -OCH3 is 1. The Hall–Kier alpha value is -3.86. The van der Waals surface area contributed by atoms with Crippen molar-refractivity contribution in [2.45, 2.75) is 27.7 Å². The standard InChI is InChI=1S/C27H26N2O3/c1-16-9-10-20(15-18(16)3)24-25(28-21-11-13-22(32-5)14-12-21)27(31)29(26(24)30)23-8-6-7-17(2)19(23)4/h6-15,28H,1-5H3. The summed E-state index contributed by atoms with van der Waals surface area (Å²) in [4.78, 5) is 28.5. The number of carbonyl (C=O) groups excluding carboxylic acids is 2. The SMILES string of the molecule is COc1ccc(NC2=C(c3ccc(C)c(C)c3)C(=O)N(c3cccc(C)c3C)C2=O)cc1. The molecule has 5 nitrogen and oxygen atoms in total. The van der Waals surface area contributed by atoms with Crippen molar-refractivity contribution in [1.82, 2.24) is 0 Å². The largest absolute Gasteiger partial charge is 0.497 e. The fraction of sp³-hybridized carbons (Fsp3) is 0.185. The molecule has 4 rings (SSSR count). The maximum atomic E-state index is 13.7. The summed E-state index contributed by atoms with van der Waals surface area (Å²) in [6.45, 7) is 7.92. The molecule has 0 spiro atoms. The highest BCUT2D eigenvalue weighted by atomic mass is 16.5. The zero-order chi connectivity index (χ0) is 23.0. The van der Waals surface area contributed by atoms with Gasteiger partial charge in [0, 0.05) is 5.69 Å². The highest BCUT2D eigenvalue weighted by Gasteiger charge is 2.41. The molecule has 0 bridgehead atoms. The number of benzene rings is 3. The topological polar surface area (TPSA) is 58.6 Å². The fourth-order valence-corrected chi connectivity index (χ4v) is 3.83. The van der Waals surface area contributed by atoms with Crippen molar-refractivity contribution in [3.05, 3.63) is 94.2 Å². The Morgan fingerprint density at radius 2 is 1.50 bits per heavy atom. The first-order chi connectivity index (χ1) is 15.3. The average Bonchev–Trinajstić information content (AvgIpc) is 3.02. The van der Waals surface area contributed by atoms with Crippen LogP contribution in [0.4, 0.5) is 11.4 Å². The number of hydrogen-bond acceptors (Lipinski definition) is 4. The smallest absolute Gasteiger partial charge is 0.282 e. The molecule has 0 aromatic heterocycles. The first kappa shape index (κ1) is 21.4. The van der Waals surface area contributed by atoms with Gasteiger partial charge in [0.2, 0.25) is 0 Å². The van der Waals surface area contributed by atoms with E-state index < -0.39 is 0 Å². The first-order valence-corrected chi connectivity index (χ1v) is 10.5. The molecule has 1 aliphatic rings. The van der Waals surface area contributed by atoms with E-state index in [0.717, 1.165) is 27.8 Å². The van der Waals surface area contributed by atoms with Crippen LogP contribution in [-0.2, 0) is 9.59 Å². The molecule has 162 valence electrons. The van der Waals surface area contributed by atoms with Gasteiger partial charge in [-0.25, -0.2) is 4.90 Å². The molecule has 1 N–H and O–H groups in total. The van der Waals surface area contributed by atoms with Gasteiger partial charge < -0.3 is 10.1 Å². The molecule has 3 aromatic rings. The molecule has 1 heterocycles. The third-order valence-electron chi connectivity index (χ3n) is 6.06. The number of amides is 2. The maximum absolute atomic E-state index is 13.7. The van der Waals surface area contributed by atoms with E-state index in [-0.39, 0.29) is 17.5 Å². The monoisotopic (exact) mass is 426 g/mol. The third-order valence-corrected chi connectivity index (χ3v) is 6.06. The second-order valence-corrected chi connectivity index (χ2v) is 8.07. The molecule has 5 heteroatoms. The number of rotatable bonds is 5. The van der Waals surface area contributed by atoms with Crippen LogP contribution in [0.3, 0.4) is 0 Å². The number of carbonyl (C=O) groups is 2. The van der Waals surface area contributed by atoms with Gasteiger partial charge in [-0.15, -0.1) is 0 Å². The Labute approximate surface area is 188 Å². The molecule has 1 aliphatic heterocycles. The van der Waals surface area contributed by atoms with Gasteiger partial charge in [0.25, 0.3) is 11.8 Å². The summed E-state index contributed by atoms with van der Waals surface area (Å²) < 4.78 is 5.22. The lowest BCUT2D eigenvalue weighted by molar-refractivity contribution is -0.120. The third kappa shape index (κ3) is 3.66. The van der Waals surface area contributed by atoms with Crippen LogP contribution < -0.4 is 15.0 Å². The molecule has 3 aromatic carbocycles. The lowest BCUT2D eigenvalue weighted by atomic mass is 9.99. The Morgan fingerprint density at radius 3 is 2.16 bits per heavy atom. The molecule has 0 unspecified atom stereocenters. The van der Waals surface area contributed by atoms with Crippen molar-refractivity contribution in [3.63, 3.8) is 0 Å². The molecule has 2 amide bonds. The molecule has 0 fully saturated rings. The van der Waals surface area contributed by atoms with Crippen LogP contribution in [0.5, 0.6) is 5.75 Å². The highest BCUT2D eigenvalue weighted by Crippen LogP contribution is 2.36. The summed E-state index contributed by atoms with van der Waals surface area (Å²) >= 11 is 0. The summed E-state index contributed by atoms with van der Waals surface area (Å²) in [6, 6.07) is 18.7. The Kier molecular flexibility index (Phi) is 5.57. The van der Waals surface area contributed by atoms with E-state index in [1.54, 1.807) is 7.11 Å². The summed E-state index contributed by atoms with van der Waals surface area (Å²) in [5, 5.41) is 3.20. The second-order valence-electron chi connectivity index (χ2n) is 8.07. The van der Waals surface area contributed by atoms with Gasteiger partial charge in [0.15, 0.2) is 0 Å². The van der Waals surface area contributed by atoms with Gasteiger partial charge in [-0.05, 0) is 85.8 Å². The Bertz CT molecular complexity index is 1260. The van der Waals surface area contributed by atoms with Crippen LogP contribution in [0.15, 0.2) is 66.4 Å². The summed E-state index contributed by atoms with van der Waals surface area (Å²) in [7, 11) is 1.60. The van der Waals surface area contributed by atoms with Crippen LogP contribution in [0.2, 0.25) is 0 Å². The highest BCUT2D eigenvalue weighted by molar-refractivity contribution is 6.46. The summed E-state index contributed by atoms with van der Waals surface area (Å²) in [5.74, 6) is 0.0143. The van der Waals surface area contributed by atoms with Gasteiger partial charge in [-0.2, -0.15) is 0 Å². The van der Waals surface area contributed by atoms with E-state index in [9.17, 15) is 9.59 Å². The molecule has 0 aliphatic carbocycles. The minimum Gasteiger partial charge on any atom is -0.497 e. The quantitative estimate of drug-likeness (QED) is 0.561. The van der Waals surface area contributed by atoms with Crippen molar-refractivity contribution in [2.75, 3.05) is 17.3 Å². The molecule has 0 saturated carbocycles. The predicted molar refractivity (Wildman–Crippen MR) is 128 cm³/mol. The fourth-order valence-electron chi connectivity index (χ4n) is 3.83. The van der Waals surface area contributed by atoms with Crippen molar-refractivity contribution in [1.29, 1.82) is 0 Å². The molecule has 0 saturated heterocycles. The zero-order valence-corrected chi connectivity index (χ0v) is 18.9. The van der Waals surface area contributed by atoms with Gasteiger partial charge >= 0.3 is 0 Å². The van der Waals surface area contributed by atoms with E-state index in [1.165, 1.54) is 4.90 Å². The Morgan fingerprint density at radius 1 is 0.781 bits per heavy atom. The van der Waals surface area contributed by atoms with E-state index in [0.29, 0.717) is 22.7 Å². The molecular weight excluding hydrogens is 400 g/mol. The number of anilines is 2. The van der Waals surface area contributed by atoms with Gasteiger partial charge in [0.1, 0.15) is 11.4 Å². The Balaban J connectivity index is 1.85. The van der Waals surface area contributed by atoms with Crippen molar-refractivity contribution in [2.24, 2.45) is 0 Å².